The zero-order chi connectivity index (χ0) is 12.3. The van der Waals surface area contributed by atoms with Gasteiger partial charge in [0.15, 0.2) is 0 Å². The summed E-state index contributed by atoms with van der Waals surface area (Å²) in [5.41, 5.74) is 2.25. The van der Waals surface area contributed by atoms with E-state index >= 15 is 0 Å². The van der Waals surface area contributed by atoms with Crippen molar-refractivity contribution in [3.63, 3.8) is 0 Å². The number of rotatable bonds is 4. The topological polar surface area (TPSA) is 24.9 Å². The third-order valence-corrected chi connectivity index (χ3v) is 3.97. The molecule has 2 nitrogen and oxygen atoms in total. The van der Waals surface area contributed by atoms with Crippen LogP contribution in [0.5, 0.6) is 0 Å². The van der Waals surface area contributed by atoms with E-state index in [-0.39, 0.29) is 0 Å². The summed E-state index contributed by atoms with van der Waals surface area (Å²) in [6.45, 7) is 5.07. The number of hydrogen-bond acceptors (Lipinski definition) is 3. The molecule has 0 aliphatic rings. The van der Waals surface area contributed by atoms with Crippen LogP contribution < -0.4 is 5.32 Å². The molecule has 0 saturated carbocycles. The molecule has 2 aromatic rings. The molecule has 1 heterocycles. The van der Waals surface area contributed by atoms with Crippen LogP contribution in [0.15, 0.2) is 24.3 Å². The van der Waals surface area contributed by atoms with Crippen LogP contribution in [0.2, 0.25) is 5.02 Å². The van der Waals surface area contributed by atoms with Gasteiger partial charge in [-0.3, -0.25) is 0 Å². The Hall–Kier alpha value is -1.06. The lowest BCUT2D eigenvalue weighted by atomic mass is 10.3. The van der Waals surface area contributed by atoms with E-state index in [1.165, 1.54) is 9.88 Å². The fraction of sp³-hybridized carbons (Fsp3) is 0.308. The molecular weight excluding hydrogens is 252 g/mol. The molecule has 0 saturated heterocycles. The molecule has 0 bridgehead atoms. The Labute approximate surface area is 111 Å². The van der Waals surface area contributed by atoms with Crippen molar-refractivity contribution in [2.24, 2.45) is 0 Å². The Morgan fingerprint density at radius 2 is 1.94 bits per heavy atom. The molecule has 0 radical (unpaired) electrons. The highest BCUT2D eigenvalue weighted by Crippen LogP contribution is 2.17. The third-order valence-electron chi connectivity index (χ3n) is 2.59. The number of nitrogens with zero attached hydrogens (tertiary/aromatic N) is 1. The summed E-state index contributed by atoms with van der Waals surface area (Å²) in [5, 5.41) is 5.32. The molecule has 1 aromatic heterocycles. The minimum absolute atomic E-state index is 0.765. The average molecular weight is 267 g/mol. The summed E-state index contributed by atoms with van der Waals surface area (Å²) in [4.78, 5) is 5.82. The first-order valence-electron chi connectivity index (χ1n) is 5.57. The smallest absolute Gasteiger partial charge is 0.0948 e. The molecule has 0 unspecified atom stereocenters. The van der Waals surface area contributed by atoms with Gasteiger partial charge < -0.3 is 5.32 Å². The maximum Gasteiger partial charge on any atom is 0.0948 e. The van der Waals surface area contributed by atoms with Gasteiger partial charge in [-0.25, -0.2) is 4.98 Å². The number of aromatic nitrogens is 1. The molecule has 90 valence electrons. The summed E-state index contributed by atoms with van der Waals surface area (Å²) >= 11 is 7.61. The van der Waals surface area contributed by atoms with Crippen LogP contribution in [0.3, 0.4) is 0 Å². The standard InChI is InChI=1S/C13H15ClN2S/c1-9-10(2)17-13(16-9)7-8-15-12-5-3-11(14)4-6-12/h3-6,15H,7-8H2,1-2H3. The van der Waals surface area contributed by atoms with Crippen LogP contribution in [0.25, 0.3) is 0 Å². The third kappa shape index (κ3) is 3.45. The summed E-state index contributed by atoms with van der Waals surface area (Å²) in [6.07, 6.45) is 0.960. The second-order valence-electron chi connectivity index (χ2n) is 3.93. The Bertz CT molecular complexity index is 471. The maximum absolute atomic E-state index is 5.83. The summed E-state index contributed by atoms with van der Waals surface area (Å²) in [7, 11) is 0. The van der Waals surface area contributed by atoms with Gasteiger partial charge in [-0.15, -0.1) is 11.3 Å². The highest BCUT2D eigenvalue weighted by Gasteiger charge is 2.02. The van der Waals surface area contributed by atoms with Crippen molar-refractivity contribution < 1.29 is 0 Å². The summed E-state index contributed by atoms with van der Waals surface area (Å²) in [6, 6.07) is 7.75. The highest BCUT2D eigenvalue weighted by atomic mass is 35.5. The van der Waals surface area contributed by atoms with Gasteiger partial charge in [-0.05, 0) is 38.1 Å². The van der Waals surface area contributed by atoms with Crippen LogP contribution >= 0.6 is 22.9 Å². The Kier molecular flexibility index (Phi) is 4.02. The first-order chi connectivity index (χ1) is 8.15. The SMILES string of the molecule is Cc1nc(CCNc2ccc(Cl)cc2)sc1C. The van der Waals surface area contributed by atoms with Gasteiger partial charge in [0.05, 0.1) is 10.7 Å². The van der Waals surface area contributed by atoms with Crippen LogP contribution in [0, 0.1) is 13.8 Å². The molecule has 2 rings (SSSR count). The predicted octanol–water partition coefficient (Wildman–Crippen LogP) is 4.07. The molecule has 0 spiro atoms. The maximum atomic E-state index is 5.83. The lowest BCUT2D eigenvalue weighted by Crippen LogP contribution is -2.04. The minimum Gasteiger partial charge on any atom is -0.385 e. The molecule has 17 heavy (non-hydrogen) atoms. The molecule has 0 aliphatic carbocycles. The van der Waals surface area contributed by atoms with Crippen LogP contribution in [-0.4, -0.2) is 11.5 Å². The zero-order valence-electron chi connectivity index (χ0n) is 9.96. The lowest BCUT2D eigenvalue weighted by molar-refractivity contribution is 0.985. The van der Waals surface area contributed by atoms with Crippen molar-refractivity contribution in [2.75, 3.05) is 11.9 Å². The second-order valence-corrected chi connectivity index (χ2v) is 5.66. The molecule has 1 aromatic carbocycles. The zero-order valence-corrected chi connectivity index (χ0v) is 11.5. The van der Waals surface area contributed by atoms with E-state index in [9.17, 15) is 0 Å². The summed E-state index contributed by atoms with van der Waals surface area (Å²) in [5.74, 6) is 0. The van der Waals surface area contributed by atoms with Gasteiger partial charge in [-0.2, -0.15) is 0 Å². The van der Waals surface area contributed by atoms with E-state index in [0.29, 0.717) is 0 Å². The number of thiazole rings is 1. The van der Waals surface area contributed by atoms with Crippen molar-refractivity contribution >= 4 is 28.6 Å². The lowest BCUT2D eigenvalue weighted by Gasteiger charge is -2.04. The molecular formula is C13H15ClN2S. The van der Waals surface area contributed by atoms with Crippen molar-refractivity contribution in [2.45, 2.75) is 20.3 Å². The summed E-state index contributed by atoms with van der Waals surface area (Å²) < 4.78 is 0. The Balaban J connectivity index is 1.85. The minimum atomic E-state index is 0.765. The van der Waals surface area contributed by atoms with Gasteiger partial charge in [0.1, 0.15) is 0 Å². The first kappa shape index (κ1) is 12.4. The van der Waals surface area contributed by atoms with Crippen molar-refractivity contribution in [3.8, 4) is 0 Å². The molecule has 4 heteroatoms. The normalized spacial score (nSPS) is 10.5. The van der Waals surface area contributed by atoms with Crippen molar-refractivity contribution in [1.82, 2.24) is 4.98 Å². The predicted molar refractivity (Wildman–Crippen MR) is 75.2 cm³/mol. The van der Waals surface area contributed by atoms with Gasteiger partial charge in [0, 0.05) is 28.6 Å². The molecule has 0 atom stereocenters. The van der Waals surface area contributed by atoms with E-state index < -0.39 is 0 Å². The number of benzene rings is 1. The van der Waals surface area contributed by atoms with E-state index in [1.54, 1.807) is 11.3 Å². The van der Waals surface area contributed by atoms with Crippen LogP contribution in [0.4, 0.5) is 5.69 Å². The number of anilines is 1. The van der Waals surface area contributed by atoms with Gasteiger partial charge in [0.2, 0.25) is 0 Å². The van der Waals surface area contributed by atoms with Gasteiger partial charge in [-0.1, -0.05) is 11.6 Å². The molecule has 0 fully saturated rings. The number of aryl methyl sites for hydroxylation is 2. The highest BCUT2D eigenvalue weighted by molar-refractivity contribution is 7.11. The average Bonchev–Trinajstić information content (AvgIpc) is 2.61. The van der Waals surface area contributed by atoms with Gasteiger partial charge >= 0.3 is 0 Å². The Morgan fingerprint density at radius 1 is 1.24 bits per heavy atom. The molecule has 1 N–H and O–H groups in total. The molecule has 0 aliphatic heterocycles. The fourth-order valence-electron chi connectivity index (χ4n) is 1.53. The van der Waals surface area contributed by atoms with E-state index in [4.69, 9.17) is 11.6 Å². The Morgan fingerprint density at radius 3 is 2.53 bits per heavy atom. The first-order valence-corrected chi connectivity index (χ1v) is 6.77. The van der Waals surface area contributed by atoms with E-state index in [0.717, 1.165) is 29.4 Å². The monoisotopic (exact) mass is 266 g/mol. The number of halogens is 1. The van der Waals surface area contributed by atoms with E-state index in [1.807, 2.05) is 24.3 Å². The fourth-order valence-corrected chi connectivity index (χ4v) is 2.59. The number of nitrogens with one attached hydrogen (secondary N) is 1. The number of hydrogen-bond donors (Lipinski definition) is 1. The van der Waals surface area contributed by atoms with Gasteiger partial charge in [0.25, 0.3) is 0 Å². The molecule has 0 amide bonds. The van der Waals surface area contributed by atoms with Crippen LogP contribution in [0.1, 0.15) is 15.6 Å². The van der Waals surface area contributed by atoms with Crippen molar-refractivity contribution in [3.05, 3.63) is 44.9 Å². The second kappa shape index (κ2) is 5.52. The largest absolute Gasteiger partial charge is 0.385 e. The van der Waals surface area contributed by atoms with E-state index in [2.05, 4.69) is 24.1 Å². The quantitative estimate of drug-likeness (QED) is 0.902. The van der Waals surface area contributed by atoms with Crippen molar-refractivity contribution in [1.29, 1.82) is 0 Å². The van der Waals surface area contributed by atoms with Crippen LogP contribution in [-0.2, 0) is 6.42 Å².